The van der Waals surface area contributed by atoms with Crippen LogP contribution in [0.2, 0.25) is 15.1 Å². The molecule has 0 radical (unpaired) electrons. The predicted molar refractivity (Wildman–Crippen MR) is 129 cm³/mol. The number of benzene rings is 3. The van der Waals surface area contributed by atoms with Crippen LogP contribution in [0.25, 0.3) is 22.6 Å². The van der Waals surface area contributed by atoms with Gasteiger partial charge in [0.25, 0.3) is 5.91 Å². The van der Waals surface area contributed by atoms with Crippen LogP contribution >= 0.6 is 34.8 Å². The molecule has 0 unspecified atom stereocenters. The quantitative estimate of drug-likeness (QED) is 0.321. The molecule has 2 N–H and O–H groups in total. The molecule has 3 aromatic carbocycles. The minimum atomic E-state index is -0.366. The van der Waals surface area contributed by atoms with Crippen LogP contribution in [0.5, 0.6) is 5.75 Å². The highest BCUT2D eigenvalue weighted by Gasteiger charge is 2.16. The topological polar surface area (TPSA) is 67.0 Å². The van der Waals surface area contributed by atoms with Crippen molar-refractivity contribution in [3.63, 3.8) is 0 Å². The first-order chi connectivity index (χ1) is 15.4. The summed E-state index contributed by atoms with van der Waals surface area (Å²) in [6, 6.07) is 18.5. The molecular weight excluding hydrogens is 469 g/mol. The monoisotopic (exact) mass is 485 g/mol. The normalized spacial score (nSPS) is 10.8. The van der Waals surface area contributed by atoms with E-state index in [2.05, 4.69) is 15.3 Å². The second-order valence-electron chi connectivity index (χ2n) is 7.00. The van der Waals surface area contributed by atoms with E-state index in [1.807, 2.05) is 48.5 Å². The highest BCUT2D eigenvalue weighted by Crippen LogP contribution is 2.29. The van der Waals surface area contributed by atoms with Crippen molar-refractivity contribution in [2.75, 3.05) is 7.11 Å². The number of halogens is 3. The first-order valence-corrected chi connectivity index (χ1v) is 10.8. The highest BCUT2D eigenvalue weighted by atomic mass is 35.5. The van der Waals surface area contributed by atoms with Crippen molar-refractivity contribution in [2.24, 2.45) is 0 Å². The van der Waals surface area contributed by atoms with E-state index in [1.165, 1.54) is 12.1 Å². The second-order valence-corrected chi connectivity index (χ2v) is 8.25. The predicted octanol–water partition coefficient (Wildman–Crippen LogP) is 6.64. The van der Waals surface area contributed by atoms with Crippen LogP contribution in [0.3, 0.4) is 0 Å². The third-order valence-corrected chi connectivity index (χ3v) is 5.69. The van der Waals surface area contributed by atoms with Crippen molar-refractivity contribution < 1.29 is 9.53 Å². The van der Waals surface area contributed by atoms with Gasteiger partial charge >= 0.3 is 0 Å². The van der Waals surface area contributed by atoms with Gasteiger partial charge in [-0.25, -0.2) is 4.98 Å². The van der Waals surface area contributed by atoms with Gasteiger partial charge in [-0.05, 0) is 29.8 Å². The van der Waals surface area contributed by atoms with Gasteiger partial charge in [-0.15, -0.1) is 0 Å². The number of nitrogens with one attached hydrogen (secondary N) is 2. The number of amides is 1. The Morgan fingerprint density at radius 2 is 1.72 bits per heavy atom. The summed E-state index contributed by atoms with van der Waals surface area (Å²) in [6.07, 6.45) is 1.79. The van der Waals surface area contributed by atoms with Crippen molar-refractivity contribution in [3.05, 3.63) is 93.1 Å². The van der Waals surface area contributed by atoms with Crippen LogP contribution in [0.4, 0.5) is 0 Å². The Labute approximate surface area is 200 Å². The number of H-pyrrole nitrogens is 1. The van der Waals surface area contributed by atoms with Gasteiger partial charge in [-0.3, -0.25) is 4.79 Å². The molecule has 1 heterocycles. The number of hydrogen-bond acceptors (Lipinski definition) is 3. The fourth-order valence-corrected chi connectivity index (χ4v) is 4.20. The van der Waals surface area contributed by atoms with Gasteiger partial charge < -0.3 is 15.0 Å². The SMILES string of the molecule is COc1cccc(-c2cnc(-c3ccc(CNC(=O)c4c(Cl)cc(Cl)cc4Cl)cc3)[nH]2)c1. The zero-order chi connectivity index (χ0) is 22.7. The van der Waals surface area contributed by atoms with E-state index in [0.29, 0.717) is 11.6 Å². The lowest BCUT2D eigenvalue weighted by Crippen LogP contribution is -2.23. The molecule has 0 aliphatic heterocycles. The minimum Gasteiger partial charge on any atom is -0.497 e. The number of rotatable bonds is 6. The zero-order valence-electron chi connectivity index (χ0n) is 17.0. The Kier molecular flexibility index (Phi) is 6.70. The fraction of sp³-hybridized carbons (Fsp3) is 0.0833. The maximum absolute atomic E-state index is 12.5. The smallest absolute Gasteiger partial charge is 0.254 e. The number of carbonyl (C=O) groups is 1. The van der Waals surface area contributed by atoms with E-state index in [-0.39, 0.29) is 21.5 Å². The van der Waals surface area contributed by atoms with Crippen LogP contribution in [-0.2, 0) is 6.54 Å². The molecule has 1 aromatic heterocycles. The lowest BCUT2D eigenvalue weighted by Gasteiger charge is -2.09. The Balaban J connectivity index is 1.44. The number of methoxy groups -OCH3 is 1. The lowest BCUT2D eigenvalue weighted by atomic mass is 10.1. The number of ether oxygens (including phenoxy) is 1. The summed E-state index contributed by atoms with van der Waals surface area (Å²) >= 11 is 18.1. The highest BCUT2D eigenvalue weighted by molar-refractivity contribution is 6.42. The molecule has 4 rings (SSSR count). The van der Waals surface area contributed by atoms with Crippen molar-refractivity contribution in [3.8, 4) is 28.4 Å². The summed E-state index contributed by atoms with van der Waals surface area (Å²) in [5.74, 6) is 1.17. The lowest BCUT2D eigenvalue weighted by molar-refractivity contribution is 0.0951. The van der Waals surface area contributed by atoms with Crippen LogP contribution in [0, 0.1) is 0 Å². The van der Waals surface area contributed by atoms with Gasteiger partial charge in [0, 0.05) is 22.7 Å². The molecule has 5 nitrogen and oxygen atoms in total. The average molecular weight is 487 g/mol. The molecule has 0 bridgehead atoms. The van der Waals surface area contributed by atoms with Gasteiger partial charge in [-0.2, -0.15) is 0 Å². The molecule has 0 saturated carbocycles. The van der Waals surface area contributed by atoms with E-state index in [1.54, 1.807) is 13.3 Å². The van der Waals surface area contributed by atoms with Crippen LogP contribution < -0.4 is 10.1 Å². The van der Waals surface area contributed by atoms with E-state index in [9.17, 15) is 4.79 Å². The number of aromatic amines is 1. The van der Waals surface area contributed by atoms with Crippen molar-refractivity contribution in [1.82, 2.24) is 15.3 Å². The van der Waals surface area contributed by atoms with E-state index in [0.717, 1.165) is 34.0 Å². The summed E-state index contributed by atoms with van der Waals surface area (Å²) in [7, 11) is 1.64. The molecule has 0 aliphatic rings. The second kappa shape index (κ2) is 9.65. The van der Waals surface area contributed by atoms with Crippen molar-refractivity contribution >= 4 is 40.7 Å². The Bertz CT molecular complexity index is 1250. The largest absolute Gasteiger partial charge is 0.497 e. The van der Waals surface area contributed by atoms with E-state index < -0.39 is 0 Å². The van der Waals surface area contributed by atoms with Gasteiger partial charge in [0.05, 0.1) is 34.6 Å². The zero-order valence-corrected chi connectivity index (χ0v) is 19.2. The van der Waals surface area contributed by atoms with Crippen molar-refractivity contribution in [2.45, 2.75) is 6.54 Å². The van der Waals surface area contributed by atoms with Gasteiger partial charge in [-0.1, -0.05) is 71.2 Å². The Morgan fingerprint density at radius 3 is 2.41 bits per heavy atom. The standard InChI is InChI=1S/C24H18Cl3N3O2/c1-32-18-4-2-3-16(9-18)21-13-28-23(30-21)15-7-5-14(6-8-15)12-29-24(31)22-19(26)10-17(25)11-20(22)27/h2-11,13H,12H2,1H3,(H,28,30)(H,29,31). The molecule has 4 aromatic rings. The molecule has 1 amide bonds. The van der Waals surface area contributed by atoms with E-state index >= 15 is 0 Å². The molecule has 0 spiro atoms. The Morgan fingerprint density at radius 1 is 1.00 bits per heavy atom. The van der Waals surface area contributed by atoms with Gasteiger partial charge in [0.1, 0.15) is 11.6 Å². The van der Waals surface area contributed by atoms with E-state index in [4.69, 9.17) is 39.5 Å². The molecular formula is C24H18Cl3N3O2. The first-order valence-electron chi connectivity index (χ1n) is 9.66. The summed E-state index contributed by atoms with van der Waals surface area (Å²) in [6.45, 7) is 0.321. The minimum absolute atomic E-state index is 0.204. The maximum Gasteiger partial charge on any atom is 0.254 e. The third-order valence-electron chi connectivity index (χ3n) is 4.87. The fourth-order valence-electron chi connectivity index (χ4n) is 3.22. The maximum atomic E-state index is 12.5. The van der Waals surface area contributed by atoms with Crippen LogP contribution in [0.15, 0.2) is 66.9 Å². The number of nitrogens with zero attached hydrogens (tertiary/aromatic N) is 1. The summed E-state index contributed by atoms with van der Waals surface area (Å²) in [5.41, 5.74) is 3.94. The molecule has 162 valence electrons. The third kappa shape index (κ3) is 4.91. The number of hydrogen-bond donors (Lipinski definition) is 2. The van der Waals surface area contributed by atoms with Crippen LogP contribution in [0.1, 0.15) is 15.9 Å². The molecule has 8 heteroatoms. The number of carbonyl (C=O) groups excluding carboxylic acids is 1. The number of imidazole rings is 1. The van der Waals surface area contributed by atoms with Crippen molar-refractivity contribution in [1.29, 1.82) is 0 Å². The number of aromatic nitrogens is 2. The molecule has 0 fully saturated rings. The van der Waals surface area contributed by atoms with Crippen LogP contribution in [-0.4, -0.2) is 23.0 Å². The summed E-state index contributed by atoms with van der Waals surface area (Å²) < 4.78 is 5.28. The van der Waals surface area contributed by atoms with Gasteiger partial charge in [0.15, 0.2) is 0 Å². The average Bonchev–Trinajstić information content (AvgIpc) is 3.28. The molecule has 0 saturated heterocycles. The molecule has 0 atom stereocenters. The first kappa shape index (κ1) is 22.2. The Hall–Kier alpha value is -2.99. The molecule has 0 aliphatic carbocycles. The summed E-state index contributed by atoms with van der Waals surface area (Å²) in [4.78, 5) is 20.3. The van der Waals surface area contributed by atoms with Gasteiger partial charge in [0.2, 0.25) is 0 Å². The summed E-state index contributed by atoms with van der Waals surface area (Å²) in [5, 5.41) is 3.62. The molecule has 32 heavy (non-hydrogen) atoms.